The van der Waals surface area contributed by atoms with Crippen LogP contribution in [-0.4, -0.2) is 91.1 Å². The Bertz CT molecular complexity index is 3610. The number of halogens is 5. The molecule has 6 unspecified atom stereocenters. The van der Waals surface area contributed by atoms with Crippen LogP contribution < -0.4 is 19.7 Å². The Hall–Kier alpha value is -5.15. The SMILES string of the molecule is COC(=O)c1cc(OC)c2nc(Br)sc2c1.COc1cc(C)cc2sc(N3CC4CC3CC4OCc3c(-c4c(Cl)cccc4Cl)noc3C3CC3)nc12.Clc1cccc(Cl)c1-c1noc(C2CC2)c1COC1CC2CC1CN2.O=C=O. The largest absolute Gasteiger partial charge is 0.494 e. The average molecular weight is 1280 g/mol. The van der Waals surface area contributed by atoms with Crippen LogP contribution in [0.5, 0.6) is 11.5 Å². The number of ether oxygens (including phenoxy) is 5. The van der Waals surface area contributed by atoms with Gasteiger partial charge in [0.25, 0.3) is 0 Å². The molecule has 4 aliphatic carbocycles. The summed E-state index contributed by atoms with van der Waals surface area (Å²) in [6.45, 7) is 5.09. The fourth-order valence-electron chi connectivity index (χ4n) is 11.6. The van der Waals surface area contributed by atoms with Crippen LogP contribution in [0.25, 0.3) is 42.9 Å². The van der Waals surface area contributed by atoms with E-state index in [-0.39, 0.29) is 18.2 Å². The zero-order valence-corrected chi connectivity index (χ0v) is 50.6. The van der Waals surface area contributed by atoms with E-state index >= 15 is 0 Å². The lowest BCUT2D eigenvalue weighted by atomic mass is 10.0. The van der Waals surface area contributed by atoms with Crippen LogP contribution in [0.2, 0.25) is 20.1 Å². The van der Waals surface area contributed by atoms with Crippen LogP contribution in [0.4, 0.5) is 5.13 Å². The van der Waals surface area contributed by atoms with Gasteiger partial charge in [-0.25, -0.2) is 14.8 Å². The molecule has 16 nitrogen and oxygen atoms in total. The molecule has 6 fully saturated rings. The zero-order chi connectivity index (χ0) is 56.6. The standard InChI is InChI=1S/C28H27Cl2N3O3S.C19H20Cl2N2O2.C10H8BrNO3S.CO2/c1-14-8-22(34-2)26-23(9-14)37-28(31-26)33-12-16-10-17(33)11-21(16)35-13-18-25(32-36-27(18)15-6-7-15)24-19(29)4-3-5-20(24)30;20-14-2-1-3-15(21)17(14)18-13(19(25-23-18)10-4-5-10)9-24-16-7-12-6-11(16)8-22-12;1-14-6-3-5(9(13)15-2)4-7-8(6)12-10(11)16-7;2-1-3/h3-5,8-9,15-17,21H,6-7,10-13H2,1-2H3;1-3,10-12,16,22H,4-9H2;3-4H,1-2H3;. The third-order valence-electron chi connectivity index (χ3n) is 15.7. The molecule has 81 heavy (non-hydrogen) atoms. The highest BCUT2D eigenvalue weighted by molar-refractivity contribution is 9.11. The Morgan fingerprint density at radius 3 is 1.77 bits per heavy atom. The number of aryl methyl sites for hydroxylation is 1. The predicted octanol–water partition coefficient (Wildman–Crippen LogP) is 14.7. The molecule has 4 aromatic heterocycles. The molecule has 4 aromatic carbocycles. The van der Waals surface area contributed by atoms with Crippen molar-refractivity contribution >= 4 is 123 Å². The van der Waals surface area contributed by atoms with Crippen LogP contribution >= 0.6 is 85.0 Å². The van der Waals surface area contributed by atoms with Gasteiger partial charge < -0.3 is 42.9 Å². The summed E-state index contributed by atoms with van der Waals surface area (Å²) in [7, 11) is 4.60. The number of methoxy groups -OCH3 is 3. The number of hydrogen-bond donors (Lipinski definition) is 1. The van der Waals surface area contributed by atoms with E-state index in [1.165, 1.54) is 35.1 Å². The van der Waals surface area contributed by atoms with Gasteiger partial charge in [-0.2, -0.15) is 9.59 Å². The summed E-state index contributed by atoms with van der Waals surface area (Å²) in [4.78, 5) is 39.4. The van der Waals surface area contributed by atoms with E-state index in [4.69, 9.17) is 89.0 Å². The summed E-state index contributed by atoms with van der Waals surface area (Å²) >= 11 is 32.4. The highest BCUT2D eigenvalue weighted by atomic mass is 79.9. The smallest absolute Gasteiger partial charge is 0.373 e. The Morgan fingerprint density at radius 2 is 1.27 bits per heavy atom. The van der Waals surface area contributed by atoms with Crippen LogP contribution in [0.1, 0.15) is 102 Å². The molecule has 6 atom stereocenters. The Kier molecular flexibility index (Phi) is 17.8. The van der Waals surface area contributed by atoms with E-state index < -0.39 is 0 Å². The van der Waals surface area contributed by atoms with Crippen molar-refractivity contribution < 1.29 is 47.1 Å². The lowest BCUT2D eigenvalue weighted by molar-refractivity contribution is -0.191. The van der Waals surface area contributed by atoms with Crippen molar-refractivity contribution in [3.05, 3.63) is 118 Å². The van der Waals surface area contributed by atoms with Gasteiger partial charge in [0, 0.05) is 65.2 Å². The number of rotatable bonds is 14. The maximum Gasteiger partial charge on any atom is 0.373 e. The van der Waals surface area contributed by atoms with E-state index in [0.29, 0.717) is 92.2 Å². The summed E-state index contributed by atoms with van der Waals surface area (Å²) in [5, 5.41) is 15.7. The first-order valence-corrected chi connectivity index (χ1v) is 30.5. The topological polar surface area (TPSA) is 190 Å². The van der Waals surface area contributed by atoms with Crippen molar-refractivity contribution in [1.29, 1.82) is 0 Å². The number of nitrogens with zero attached hydrogens (tertiary/aromatic N) is 5. The first kappa shape index (κ1) is 57.7. The third kappa shape index (κ3) is 12.3. The molecular formula is C58H55BrCl4N6O10S2. The fourth-order valence-corrected chi connectivity index (χ4v) is 15.3. The quantitative estimate of drug-likeness (QED) is 0.101. The number of aromatic nitrogens is 4. The maximum atomic E-state index is 11.4. The molecule has 2 aliphatic heterocycles. The Balaban J connectivity index is 0.000000135. The van der Waals surface area contributed by atoms with E-state index in [0.717, 1.165) is 128 Å². The molecular weight excluding hydrogens is 1230 g/mol. The molecule has 23 heteroatoms. The molecule has 14 rings (SSSR count). The van der Waals surface area contributed by atoms with Gasteiger partial charge in [0.15, 0.2) is 9.05 Å². The van der Waals surface area contributed by atoms with Gasteiger partial charge in [0.05, 0.1) is 81.8 Å². The minimum atomic E-state index is -0.385. The number of esters is 1. The van der Waals surface area contributed by atoms with Crippen molar-refractivity contribution in [3.8, 4) is 34.0 Å². The van der Waals surface area contributed by atoms with Crippen molar-refractivity contribution in [1.82, 2.24) is 25.6 Å². The molecule has 6 aliphatic rings. The summed E-state index contributed by atoms with van der Waals surface area (Å²) in [6.07, 6.45) is 9.74. The number of piperidine rings is 2. The number of thiazole rings is 2. The van der Waals surface area contributed by atoms with Gasteiger partial charge in [-0.3, -0.25) is 0 Å². The molecule has 0 radical (unpaired) electrons. The minimum absolute atomic E-state index is 0.198. The second kappa shape index (κ2) is 25.0. The van der Waals surface area contributed by atoms with E-state index in [1.54, 1.807) is 37.7 Å². The van der Waals surface area contributed by atoms with Crippen LogP contribution in [0, 0.1) is 18.8 Å². The van der Waals surface area contributed by atoms with E-state index in [9.17, 15) is 4.79 Å². The minimum Gasteiger partial charge on any atom is -0.494 e. The lowest BCUT2D eigenvalue weighted by Crippen LogP contribution is -2.38. The Morgan fingerprint density at radius 1 is 0.728 bits per heavy atom. The molecule has 1 N–H and O–H groups in total. The number of carbonyl (C=O) groups excluding carboxylic acids is 3. The monoisotopic (exact) mass is 1280 g/mol. The number of hydrogen-bond acceptors (Lipinski definition) is 18. The summed E-state index contributed by atoms with van der Waals surface area (Å²) in [5.41, 5.74) is 8.27. The van der Waals surface area contributed by atoms with Crippen molar-refractivity contribution in [2.75, 3.05) is 39.3 Å². The van der Waals surface area contributed by atoms with Crippen LogP contribution in [-0.2, 0) is 37.0 Å². The molecule has 4 saturated carbocycles. The first-order valence-electron chi connectivity index (χ1n) is 26.5. The fraction of sp³-hybridized carbons (Fsp3) is 0.414. The highest BCUT2D eigenvalue weighted by Gasteiger charge is 2.47. The number of benzene rings is 4. The zero-order valence-electron chi connectivity index (χ0n) is 44.4. The molecule has 0 amide bonds. The lowest BCUT2D eigenvalue weighted by Gasteiger charge is -2.31. The highest BCUT2D eigenvalue weighted by Crippen LogP contribution is 2.50. The summed E-state index contributed by atoms with van der Waals surface area (Å²) in [5.74, 6) is 4.88. The number of nitrogens with one attached hydrogen (secondary N) is 1. The van der Waals surface area contributed by atoms with Crippen molar-refractivity contribution in [2.45, 2.75) is 108 Å². The molecule has 424 valence electrons. The second-order valence-corrected chi connectivity index (χ2v) is 25.9. The third-order valence-corrected chi connectivity index (χ3v) is 19.5. The predicted molar refractivity (Wildman–Crippen MR) is 315 cm³/mol. The normalized spacial score (nSPS) is 21.3. The number of carbonyl (C=O) groups is 1. The first-order chi connectivity index (χ1) is 39.3. The molecule has 0 spiro atoms. The van der Waals surface area contributed by atoms with Gasteiger partial charge in [0.2, 0.25) is 0 Å². The van der Waals surface area contributed by atoms with Gasteiger partial charge in [-0.05, 0) is 134 Å². The van der Waals surface area contributed by atoms with E-state index in [1.807, 2.05) is 36.4 Å². The van der Waals surface area contributed by atoms with Crippen LogP contribution in [0.15, 0.2) is 73.6 Å². The Labute approximate surface area is 503 Å². The van der Waals surface area contributed by atoms with Gasteiger partial charge in [-0.1, -0.05) is 80.2 Å². The van der Waals surface area contributed by atoms with Gasteiger partial charge in [-0.15, -0.1) is 11.3 Å². The van der Waals surface area contributed by atoms with Gasteiger partial charge in [0.1, 0.15) is 45.4 Å². The van der Waals surface area contributed by atoms with Crippen LogP contribution in [0.3, 0.4) is 0 Å². The molecule has 4 bridgehead atoms. The second-order valence-electron chi connectivity index (χ2n) is 20.9. The maximum absolute atomic E-state index is 11.4. The molecule has 8 aromatic rings. The van der Waals surface area contributed by atoms with E-state index in [2.05, 4.69) is 65.2 Å². The van der Waals surface area contributed by atoms with Crippen molar-refractivity contribution in [2.24, 2.45) is 11.8 Å². The molecule has 6 heterocycles. The summed E-state index contributed by atoms with van der Waals surface area (Å²) < 4.78 is 42.7. The number of anilines is 1. The average Bonchev–Trinajstić information content (AvgIpc) is 4.06. The summed E-state index contributed by atoms with van der Waals surface area (Å²) in [6, 6.07) is 19.7. The number of fused-ring (bicyclic) bond motifs is 6. The van der Waals surface area contributed by atoms with Crippen molar-refractivity contribution in [3.63, 3.8) is 0 Å². The van der Waals surface area contributed by atoms with Gasteiger partial charge >= 0.3 is 12.1 Å². The molecule has 2 saturated heterocycles.